The van der Waals surface area contributed by atoms with Crippen molar-refractivity contribution in [2.75, 3.05) is 6.61 Å². The number of hydrogen-bond acceptors (Lipinski definition) is 4. The molecule has 0 saturated carbocycles. The van der Waals surface area contributed by atoms with Crippen molar-refractivity contribution in [2.24, 2.45) is 5.73 Å². The number of ether oxygens (including phenoxy) is 1. The van der Waals surface area contributed by atoms with Crippen LogP contribution in [0, 0.1) is 5.82 Å². The Morgan fingerprint density at radius 3 is 2.56 bits per heavy atom. The van der Waals surface area contributed by atoms with Gasteiger partial charge in [0.2, 0.25) is 5.91 Å². The van der Waals surface area contributed by atoms with Crippen LogP contribution >= 0.6 is 0 Å². The largest absolute Gasteiger partial charge is 0.481 e. The first-order valence-corrected chi connectivity index (χ1v) is 5.11. The van der Waals surface area contributed by atoms with Crippen LogP contribution in [0.1, 0.15) is 6.92 Å². The van der Waals surface area contributed by atoms with E-state index in [-0.39, 0.29) is 0 Å². The lowest BCUT2D eigenvalue weighted by Gasteiger charge is -2.14. The van der Waals surface area contributed by atoms with E-state index < -0.39 is 30.3 Å². The lowest BCUT2D eigenvalue weighted by molar-refractivity contribution is -0.143. The van der Waals surface area contributed by atoms with Crippen molar-refractivity contribution in [1.29, 1.82) is 0 Å². The summed E-state index contributed by atoms with van der Waals surface area (Å²) in [5, 5.41) is 0. The topological polar surface area (TPSA) is 90.7 Å². The molecule has 2 amide bonds. The molecule has 0 aromatic heterocycles. The van der Waals surface area contributed by atoms with Gasteiger partial charge in [-0.3, -0.25) is 14.4 Å². The summed E-state index contributed by atoms with van der Waals surface area (Å²) >= 11 is 0. The van der Waals surface area contributed by atoms with Crippen LogP contribution in [0.25, 0.3) is 0 Å². The van der Waals surface area contributed by atoms with Crippen molar-refractivity contribution >= 4 is 11.8 Å². The number of nitrogens with one attached hydrogen (secondary N) is 1. The third-order valence-electron chi connectivity index (χ3n) is 1.88. The molecule has 1 unspecified atom stereocenters. The van der Waals surface area contributed by atoms with Gasteiger partial charge in [0.25, 0.3) is 5.91 Å². The molecule has 0 spiro atoms. The molecule has 0 bridgehead atoms. The molecule has 0 saturated heterocycles. The Balaban J connectivity index is 2.39. The first kappa shape index (κ1) is 13.9. The number of nitrogens with two attached hydrogens (primary N) is 1. The number of hydrogen-bond donors (Lipinski definition) is 2. The molecule has 0 fully saturated rings. The Morgan fingerprint density at radius 1 is 1.39 bits per heavy atom. The van der Waals surface area contributed by atoms with Crippen molar-refractivity contribution in [3.8, 4) is 5.75 Å². The van der Waals surface area contributed by atoms with Crippen molar-refractivity contribution in [1.82, 2.24) is 5.48 Å². The van der Waals surface area contributed by atoms with E-state index in [1.165, 1.54) is 31.2 Å². The van der Waals surface area contributed by atoms with E-state index >= 15 is 0 Å². The minimum Gasteiger partial charge on any atom is -0.481 e. The zero-order valence-electron chi connectivity index (χ0n) is 9.68. The van der Waals surface area contributed by atoms with Crippen molar-refractivity contribution in [3.63, 3.8) is 0 Å². The normalized spacial score (nSPS) is 11.7. The maximum atomic E-state index is 12.6. The second kappa shape index (κ2) is 6.55. The Kier molecular flexibility index (Phi) is 5.06. The first-order valence-electron chi connectivity index (χ1n) is 5.11. The zero-order valence-corrected chi connectivity index (χ0v) is 9.68. The SMILES string of the molecule is CC(Oc1ccc(F)cc1)C(=O)NOCC(N)=O. The molecular weight excluding hydrogens is 243 g/mol. The van der Waals surface area contributed by atoms with Gasteiger partial charge in [0.15, 0.2) is 12.7 Å². The molecule has 7 heteroatoms. The standard InChI is InChI=1S/C11H13FN2O4/c1-7(11(16)14-17-6-10(13)15)18-9-4-2-8(12)3-5-9/h2-5,7H,6H2,1H3,(H2,13,15)(H,14,16). The highest BCUT2D eigenvalue weighted by molar-refractivity contribution is 5.80. The molecule has 0 aliphatic carbocycles. The van der Waals surface area contributed by atoms with Crippen LogP contribution in [0.3, 0.4) is 0 Å². The third-order valence-corrected chi connectivity index (χ3v) is 1.88. The minimum absolute atomic E-state index is 0.342. The maximum absolute atomic E-state index is 12.6. The number of carbonyl (C=O) groups excluding carboxylic acids is 2. The van der Waals surface area contributed by atoms with Crippen LogP contribution in [0.15, 0.2) is 24.3 Å². The van der Waals surface area contributed by atoms with E-state index in [1.54, 1.807) is 0 Å². The number of halogens is 1. The average Bonchev–Trinajstić information content (AvgIpc) is 2.31. The molecule has 98 valence electrons. The summed E-state index contributed by atoms with van der Waals surface area (Å²) < 4.78 is 17.8. The molecular formula is C11H13FN2O4. The molecule has 1 aromatic carbocycles. The fourth-order valence-electron chi connectivity index (χ4n) is 1.03. The number of hydroxylamine groups is 1. The van der Waals surface area contributed by atoms with Crippen LogP contribution in [0.4, 0.5) is 4.39 Å². The van der Waals surface area contributed by atoms with Gasteiger partial charge in [-0.15, -0.1) is 0 Å². The molecule has 6 nitrogen and oxygen atoms in total. The Bertz CT molecular complexity index is 422. The molecule has 18 heavy (non-hydrogen) atoms. The number of amides is 2. The van der Waals surface area contributed by atoms with Crippen molar-refractivity contribution < 1.29 is 23.6 Å². The van der Waals surface area contributed by atoms with E-state index in [9.17, 15) is 14.0 Å². The lowest BCUT2D eigenvalue weighted by Crippen LogP contribution is -2.38. The van der Waals surface area contributed by atoms with Crippen LogP contribution in [0.5, 0.6) is 5.75 Å². The van der Waals surface area contributed by atoms with Crippen LogP contribution in [0.2, 0.25) is 0 Å². The van der Waals surface area contributed by atoms with Gasteiger partial charge in [-0.2, -0.15) is 0 Å². The van der Waals surface area contributed by atoms with Gasteiger partial charge in [0, 0.05) is 0 Å². The van der Waals surface area contributed by atoms with E-state index in [0.717, 1.165) is 0 Å². The molecule has 1 aromatic rings. The van der Waals surface area contributed by atoms with E-state index in [4.69, 9.17) is 10.5 Å². The molecule has 1 rings (SSSR count). The molecule has 0 aliphatic heterocycles. The fourth-order valence-corrected chi connectivity index (χ4v) is 1.03. The van der Waals surface area contributed by atoms with E-state index in [1.807, 2.05) is 5.48 Å². The number of rotatable bonds is 6. The summed E-state index contributed by atoms with van der Waals surface area (Å²) in [6.07, 6.45) is -0.858. The van der Waals surface area contributed by atoms with Gasteiger partial charge in [-0.1, -0.05) is 0 Å². The number of benzene rings is 1. The lowest BCUT2D eigenvalue weighted by atomic mass is 10.3. The summed E-state index contributed by atoms with van der Waals surface area (Å²) in [6.45, 7) is 1.06. The monoisotopic (exact) mass is 256 g/mol. The Morgan fingerprint density at radius 2 is 2.00 bits per heavy atom. The van der Waals surface area contributed by atoms with Gasteiger partial charge in [0.05, 0.1) is 0 Å². The number of primary amides is 1. The first-order chi connectivity index (χ1) is 8.49. The fraction of sp³-hybridized carbons (Fsp3) is 0.273. The van der Waals surface area contributed by atoms with E-state index in [2.05, 4.69) is 4.84 Å². The predicted octanol–water partition coefficient (Wildman–Crippen LogP) is 0.126. The van der Waals surface area contributed by atoms with Crippen LogP contribution in [-0.4, -0.2) is 24.5 Å². The average molecular weight is 256 g/mol. The van der Waals surface area contributed by atoms with Gasteiger partial charge in [0.1, 0.15) is 11.6 Å². The molecule has 0 aliphatic rings. The quantitative estimate of drug-likeness (QED) is 0.707. The zero-order chi connectivity index (χ0) is 13.5. The van der Waals surface area contributed by atoms with Gasteiger partial charge >= 0.3 is 0 Å². The second-order valence-corrected chi connectivity index (χ2v) is 3.44. The molecule has 0 heterocycles. The van der Waals surface area contributed by atoms with Gasteiger partial charge in [-0.05, 0) is 31.2 Å². The van der Waals surface area contributed by atoms with Crippen LogP contribution < -0.4 is 16.0 Å². The van der Waals surface area contributed by atoms with Crippen LogP contribution in [-0.2, 0) is 14.4 Å². The highest BCUT2D eigenvalue weighted by Crippen LogP contribution is 2.12. The summed E-state index contributed by atoms with van der Waals surface area (Å²) in [5.74, 6) is -1.35. The van der Waals surface area contributed by atoms with E-state index in [0.29, 0.717) is 5.75 Å². The van der Waals surface area contributed by atoms with Crippen molar-refractivity contribution in [3.05, 3.63) is 30.1 Å². The smallest absolute Gasteiger partial charge is 0.284 e. The highest BCUT2D eigenvalue weighted by atomic mass is 19.1. The summed E-state index contributed by atoms with van der Waals surface area (Å²) in [6, 6.07) is 5.21. The van der Waals surface area contributed by atoms with Gasteiger partial charge < -0.3 is 10.5 Å². The molecule has 1 atom stereocenters. The third kappa shape index (κ3) is 4.79. The van der Waals surface area contributed by atoms with Crippen molar-refractivity contribution in [2.45, 2.75) is 13.0 Å². The summed E-state index contributed by atoms with van der Waals surface area (Å²) in [7, 11) is 0. The Labute approximate surface area is 103 Å². The summed E-state index contributed by atoms with van der Waals surface area (Å²) in [4.78, 5) is 26.3. The predicted molar refractivity (Wildman–Crippen MR) is 59.8 cm³/mol. The second-order valence-electron chi connectivity index (χ2n) is 3.44. The van der Waals surface area contributed by atoms with Gasteiger partial charge in [-0.25, -0.2) is 9.87 Å². The maximum Gasteiger partial charge on any atom is 0.284 e. The summed E-state index contributed by atoms with van der Waals surface area (Å²) in [5.41, 5.74) is 6.82. The number of carbonyl (C=O) groups is 2. The molecule has 0 radical (unpaired) electrons. The molecule has 3 N–H and O–H groups in total. The minimum atomic E-state index is -0.858. The Hall–Kier alpha value is -2.15. The highest BCUT2D eigenvalue weighted by Gasteiger charge is 2.14.